The van der Waals surface area contributed by atoms with Crippen LogP contribution in [0.15, 0.2) is 42.5 Å². The molecule has 0 aliphatic heterocycles. The van der Waals surface area contributed by atoms with Gasteiger partial charge in [0.1, 0.15) is 5.75 Å². The maximum Gasteiger partial charge on any atom is 0.258 e. The van der Waals surface area contributed by atoms with Crippen molar-refractivity contribution in [3.05, 3.63) is 63.6 Å². The molecule has 3 rings (SSSR count). The number of hydrogen-bond acceptors (Lipinski definition) is 2. The molecule has 120 valence electrons. The van der Waals surface area contributed by atoms with E-state index in [9.17, 15) is 4.79 Å². The number of benzene rings is 2. The van der Waals surface area contributed by atoms with Crippen LogP contribution in [-0.2, 0) is 11.2 Å². The van der Waals surface area contributed by atoms with Crippen molar-refractivity contribution >= 4 is 29.1 Å². The maximum absolute atomic E-state index is 12.2. The molecular weight excluding hydrogens is 333 g/mol. The molecule has 1 aliphatic rings. The molecule has 3 nitrogen and oxygen atoms in total. The van der Waals surface area contributed by atoms with Gasteiger partial charge in [0.15, 0.2) is 6.61 Å². The molecule has 0 radical (unpaired) electrons. The quantitative estimate of drug-likeness (QED) is 0.878. The third-order valence-electron chi connectivity index (χ3n) is 3.96. The van der Waals surface area contributed by atoms with Crippen LogP contribution >= 0.6 is 23.2 Å². The second-order valence-corrected chi connectivity index (χ2v) is 6.42. The zero-order chi connectivity index (χ0) is 16.2. The summed E-state index contributed by atoms with van der Waals surface area (Å²) in [5.41, 5.74) is 2.52. The van der Waals surface area contributed by atoms with E-state index >= 15 is 0 Å². The fourth-order valence-electron chi connectivity index (χ4n) is 2.88. The Labute approximate surface area is 145 Å². The summed E-state index contributed by atoms with van der Waals surface area (Å²) in [6.45, 7) is -0.0694. The van der Waals surface area contributed by atoms with Crippen LogP contribution in [0.4, 0.5) is 0 Å². The number of hydrogen-bond donors (Lipinski definition) is 1. The van der Waals surface area contributed by atoms with Gasteiger partial charge in [0.2, 0.25) is 0 Å². The number of aryl methyl sites for hydroxylation is 1. The molecular formula is C18H17Cl2NO2. The van der Waals surface area contributed by atoms with Crippen molar-refractivity contribution in [3.63, 3.8) is 0 Å². The minimum absolute atomic E-state index is 0.0525. The van der Waals surface area contributed by atoms with Crippen molar-refractivity contribution in [2.45, 2.75) is 25.3 Å². The highest BCUT2D eigenvalue weighted by Crippen LogP contribution is 2.30. The average Bonchev–Trinajstić information content (AvgIpc) is 2.54. The Morgan fingerprint density at radius 2 is 2.04 bits per heavy atom. The first-order chi connectivity index (χ1) is 11.1. The summed E-state index contributed by atoms with van der Waals surface area (Å²) in [6.07, 6.45) is 3.09. The molecule has 0 aromatic heterocycles. The van der Waals surface area contributed by atoms with Crippen molar-refractivity contribution in [3.8, 4) is 5.75 Å². The lowest BCUT2D eigenvalue weighted by molar-refractivity contribution is -0.123. The smallest absolute Gasteiger partial charge is 0.258 e. The monoisotopic (exact) mass is 349 g/mol. The van der Waals surface area contributed by atoms with Gasteiger partial charge >= 0.3 is 0 Å². The van der Waals surface area contributed by atoms with Gasteiger partial charge in [0.05, 0.1) is 11.1 Å². The summed E-state index contributed by atoms with van der Waals surface area (Å²) in [5, 5.41) is 3.97. The number of ether oxygens (including phenoxy) is 1. The van der Waals surface area contributed by atoms with Crippen LogP contribution in [0.1, 0.15) is 30.0 Å². The lowest BCUT2D eigenvalue weighted by atomic mass is 9.88. The van der Waals surface area contributed by atoms with E-state index in [-0.39, 0.29) is 18.6 Å². The second-order valence-electron chi connectivity index (χ2n) is 5.57. The number of rotatable bonds is 4. The summed E-state index contributed by atoms with van der Waals surface area (Å²) in [7, 11) is 0. The number of fused-ring (bicyclic) bond motifs is 1. The van der Waals surface area contributed by atoms with E-state index in [0.29, 0.717) is 15.8 Å². The highest BCUT2D eigenvalue weighted by atomic mass is 35.5. The number of carbonyl (C=O) groups is 1. The molecule has 0 spiro atoms. The summed E-state index contributed by atoms with van der Waals surface area (Å²) in [4.78, 5) is 12.2. The molecule has 2 aromatic carbocycles. The van der Waals surface area contributed by atoms with Crippen LogP contribution in [0.25, 0.3) is 0 Å². The van der Waals surface area contributed by atoms with Crippen LogP contribution in [-0.4, -0.2) is 12.5 Å². The largest absolute Gasteiger partial charge is 0.482 e. The zero-order valence-electron chi connectivity index (χ0n) is 12.5. The molecule has 1 amide bonds. The third kappa shape index (κ3) is 3.98. The van der Waals surface area contributed by atoms with Crippen LogP contribution in [0.3, 0.4) is 0 Å². The molecule has 0 saturated heterocycles. The fourth-order valence-corrected chi connectivity index (χ4v) is 3.34. The number of amides is 1. The van der Waals surface area contributed by atoms with Gasteiger partial charge in [-0.1, -0.05) is 47.5 Å². The van der Waals surface area contributed by atoms with Gasteiger partial charge in [-0.05, 0) is 48.6 Å². The SMILES string of the molecule is O=C(COc1ccc(Cl)cc1Cl)NC1CCCc2ccccc21. The molecule has 0 fully saturated rings. The Morgan fingerprint density at radius 3 is 2.87 bits per heavy atom. The molecule has 0 heterocycles. The van der Waals surface area contributed by atoms with E-state index in [2.05, 4.69) is 17.4 Å². The van der Waals surface area contributed by atoms with Crippen LogP contribution in [0.5, 0.6) is 5.75 Å². The standard InChI is InChI=1S/C18H17Cl2NO2/c19-13-8-9-17(15(20)10-13)23-11-18(22)21-16-7-3-5-12-4-1-2-6-14(12)16/h1-2,4,6,8-10,16H,3,5,7,11H2,(H,21,22). The molecule has 2 aromatic rings. The third-order valence-corrected chi connectivity index (χ3v) is 4.49. The lowest BCUT2D eigenvalue weighted by Gasteiger charge is -2.26. The first-order valence-corrected chi connectivity index (χ1v) is 8.34. The molecule has 1 aliphatic carbocycles. The van der Waals surface area contributed by atoms with E-state index in [4.69, 9.17) is 27.9 Å². The number of nitrogens with one attached hydrogen (secondary N) is 1. The van der Waals surface area contributed by atoms with Crippen LogP contribution in [0, 0.1) is 0 Å². The van der Waals surface area contributed by atoms with Crippen molar-refractivity contribution in [1.82, 2.24) is 5.32 Å². The van der Waals surface area contributed by atoms with Crippen molar-refractivity contribution in [2.75, 3.05) is 6.61 Å². The van der Waals surface area contributed by atoms with E-state index < -0.39 is 0 Å². The van der Waals surface area contributed by atoms with Crippen molar-refractivity contribution < 1.29 is 9.53 Å². The minimum Gasteiger partial charge on any atom is -0.482 e. The van der Waals surface area contributed by atoms with E-state index in [0.717, 1.165) is 19.3 Å². The summed E-state index contributed by atoms with van der Waals surface area (Å²) < 4.78 is 5.48. The van der Waals surface area contributed by atoms with Crippen LogP contribution < -0.4 is 10.1 Å². The van der Waals surface area contributed by atoms with Gasteiger partial charge in [-0.25, -0.2) is 0 Å². The molecule has 1 atom stereocenters. The topological polar surface area (TPSA) is 38.3 Å². The molecule has 1 N–H and O–H groups in total. The normalized spacial score (nSPS) is 16.5. The van der Waals surface area contributed by atoms with Gasteiger partial charge < -0.3 is 10.1 Å². The van der Waals surface area contributed by atoms with Crippen molar-refractivity contribution in [2.24, 2.45) is 0 Å². The molecule has 5 heteroatoms. The summed E-state index contributed by atoms with van der Waals surface area (Å²) in [6, 6.07) is 13.2. The Hall–Kier alpha value is -1.71. The Balaban J connectivity index is 1.60. The first-order valence-electron chi connectivity index (χ1n) is 7.58. The highest BCUT2D eigenvalue weighted by molar-refractivity contribution is 6.35. The molecule has 0 bridgehead atoms. The molecule has 0 saturated carbocycles. The fraction of sp³-hybridized carbons (Fsp3) is 0.278. The van der Waals surface area contributed by atoms with E-state index in [1.165, 1.54) is 11.1 Å². The second kappa shape index (κ2) is 7.24. The van der Waals surface area contributed by atoms with Crippen molar-refractivity contribution in [1.29, 1.82) is 0 Å². The summed E-state index contributed by atoms with van der Waals surface area (Å²) in [5.74, 6) is 0.299. The lowest BCUT2D eigenvalue weighted by Crippen LogP contribution is -2.34. The Kier molecular flexibility index (Phi) is 5.09. The highest BCUT2D eigenvalue weighted by Gasteiger charge is 2.21. The van der Waals surface area contributed by atoms with Gasteiger partial charge in [-0.3, -0.25) is 4.79 Å². The zero-order valence-corrected chi connectivity index (χ0v) is 14.0. The van der Waals surface area contributed by atoms with Crippen LogP contribution in [0.2, 0.25) is 10.0 Å². The van der Waals surface area contributed by atoms with Gasteiger partial charge in [-0.2, -0.15) is 0 Å². The predicted octanol–water partition coefficient (Wildman–Crippen LogP) is 4.57. The van der Waals surface area contributed by atoms with Gasteiger partial charge in [-0.15, -0.1) is 0 Å². The summed E-state index contributed by atoms with van der Waals surface area (Å²) >= 11 is 11.9. The molecule has 1 unspecified atom stereocenters. The first kappa shape index (κ1) is 16.2. The average molecular weight is 350 g/mol. The van der Waals surface area contributed by atoms with Gasteiger partial charge in [0, 0.05) is 5.02 Å². The predicted molar refractivity (Wildman–Crippen MR) is 92.2 cm³/mol. The van der Waals surface area contributed by atoms with E-state index in [1.54, 1.807) is 18.2 Å². The van der Waals surface area contributed by atoms with Gasteiger partial charge in [0.25, 0.3) is 5.91 Å². The maximum atomic E-state index is 12.2. The number of carbonyl (C=O) groups excluding carboxylic acids is 1. The Bertz CT molecular complexity index is 718. The minimum atomic E-state index is -0.155. The number of halogens is 2. The van der Waals surface area contributed by atoms with E-state index in [1.807, 2.05) is 12.1 Å². The Morgan fingerprint density at radius 1 is 1.22 bits per heavy atom. The molecule has 23 heavy (non-hydrogen) atoms.